The van der Waals surface area contributed by atoms with E-state index in [1.165, 1.54) is 4.31 Å². The van der Waals surface area contributed by atoms with Crippen molar-refractivity contribution in [2.24, 2.45) is 0 Å². The number of carbonyl (C=O) groups excluding carboxylic acids is 2. The molecule has 1 N–H and O–H groups in total. The van der Waals surface area contributed by atoms with Crippen LogP contribution in [0.15, 0.2) is 53.4 Å². The predicted octanol–water partition coefficient (Wildman–Crippen LogP) is 3.75. The summed E-state index contributed by atoms with van der Waals surface area (Å²) in [6.45, 7) is 5.82. The number of amides is 2. The summed E-state index contributed by atoms with van der Waals surface area (Å²) in [7, 11) is -1.87. The number of methoxy groups -OCH3 is 1. The lowest BCUT2D eigenvalue weighted by Crippen LogP contribution is -2.47. The highest BCUT2D eigenvalue weighted by atomic mass is 32.2. The minimum absolute atomic E-state index is 0.136. The number of hydrogen-bond acceptors (Lipinski definition) is 5. The molecule has 1 aliphatic rings. The van der Waals surface area contributed by atoms with Gasteiger partial charge in [0.1, 0.15) is 11.8 Å². The summed E-state index contributed by atoms with van der Waals surface area (Å²) in [4.78, 5) is 28.0. The molecule has 9 heteroatoms. The van der Waals surface area contributed by atoms with Gasteiger partial charge in [-0.1, -0.05) is 37.6 Å². The molecule has 0 bridgehead atoms. The predicted molar refractivity (Wildman–Crippen MR) is 144 cm³/mol. The zero-order chi connectivity index (χ0) is 26.8. The van der Waals surface area contributed by atoms with E-state index in [9.17, 15) is 18.0 Å². The van der Waals surface area contributed by atoms with Crippen molar-refractivity contribution in [2.75, 3.05) is 26.7 Å². The second-order valence-electron chi connectivity index (χ2n) is 9.45. The summed E-state index contributed by atoms with van der Waals surface area (Å²) in [5.74, 6) is 0.414. The van der Waals surface area contributed by atoms with Crippen molar-refractivity contribution in [3.63, 3.8) is 0 Å². The molecule has 0 spiro atoms. The Kier molecular flexibility index (Phi) is 10.5. The van der Waals surface area contributed by atoms with Gasteiger partial charge in [-0.2, -0.15) is 4.31 Å². The van der Waals surface area contributed by atoms with Gasteiger partial charge < -0.3 is 15.0 Å². The van der Waals surface area contributed by atoms with Gasteiger partial charge in [0, 0.05) is 32.6 Å². The molecule has 202 valence electrons. The highest BCUT2D eigenvalue weighted by molar-refractivity contribution is 7.89. The molecule has 3 rings (SSSR count). The van der Waals surface area contributed by atoms with Crippen LogP contribution in [0, 0.1) is 0 Å². The summed E-state index contributed by atoms with van der Waals surface area (Å²) >= 11 is 0. The minimum Gasteiger partial charge on any atom is -0.497 e. The van der Waals surface area contributed by atoms with E-state index in [1.807, 2.05) is 24.3 Å². The van der Waals surface area contributed by atoms with E-state index in [0.29, 0.717) is 32.6 Å². The molecule has 1 heterocycles. The molecule has 1 aliphatic heterocycles. The van der Waals surface area contributed by atoms with Crippen LogP contribution in [0.1, 0.15) is 57.1 Å². The smallest absolute Gasteiger partial charge is 0.243 e. The van der Waals surface area contributed by atoms with Crippen molar-refractivity contribution in [3.05, 3.63) is 59.7 Å². The van der Waals surface area contributed by atoms with Crippen LogP contribution in [-0.2, 0) is 32.6 Å². The van der Waals surface area contributed by atoms with Gasteiger partial charge in [0.25, 0.3) is 0 Å². The van der Waals surface area contributed by atoms with Crippen LogP contribution in [0.2, 0.25) is 0 Å². The van der Waals surface area contributed by atoms with Crippen LogP contribution in [0.3, 0.4) is 0 Å². The normalized spacial score (nSPS) is 14.8. The van der Waals surface area contributed by atoms with Crippen molar-refractivity contribution >= 4 is 21.8 Å². The summed E-state index contributed by atoms with van der Waals surface area (Å²) in [6.07, 6.45) is 4.30. The number of ether oxygens (including phenoxy) is 1. The average Bonchev–Trinajstić information content (AvgIpc) is 3.47. The summed E-state index contributed by atoms with van der Waals surface area (Å²) in [5, 5.41) is 2.93. The number of nitrogens with one attached hydrogen (secondary N) is 1. The Hall–Kier alpha value is -2.91. The van der Waals surface area contributed by atoms with Gasteiger partial charge in [0.05, 0.1) is 12.0 Å². The monoisotopic (exact) mass is 529 g/mol. The molecular weight excluding hydrogens is 490 g/mol. The maximum Gasteiger partial charge on any atom is 0.243 e. The molecule has 0 radical (unpaired) electrons. The molecule has 0 unspecified atom stereocenters. The first-order chi connectivity index (χ1) is 17.8. The molecule has 2 aromatic rings. The number of aryl methyl sites for hydroxylation is 1. The Morgan fingerprint density at radius 2 is 1.65 bits per heavy atom. The SMILES string of the molecule is CCCCNC(=O)[C@@H](C)N(Cc1ccc(OC)cc1)C(=O)CCc1ccc(S(=O)(=O)N2CCCC2)cc1. The second kappa shape index (κ2) is 13.6. The number of unbranched alkanes of at least 4 members (excludes halogenated alkanes) is 1. The molecule has 1 atom stereocenters. The molecule has 8 nitrogen and oxygen atoms in total. The Morgan fingerprint density at radius 1 is 1.03 bits per heavy atom. The lowest BCUT2D eigenvalue weighted by Gasteiger charge is -2.29. The summed E-state index contributed by atoms with van der Waals surface area (Å²) in [5.41, 5.74) is 1.78. The zero-order valence-corrected chi connectivity index (χ0v) is 22.9. The average molecular weight is 530 g/mol. The number of sulfonamides is 1. The molecule has 0 saturated carbocycles. The molecular formula is C28H39N3O5S. The van der Waals surface area contributed by atoms with Crippen molar-refractivity contribution < 1.29 is 22.7 Å². The van der Waals surface area contributed by atoms with Crippen LogP contribution in [0.5, 0.6) is 5.75 Å². The number of rotatable bonds is 13. The Balaban J connectivity index is 1.68. The molecule has 1 saturated heterocycles. The number of hydrogen-bond donors (Lipinski definition) is 1. The third-order valence-corrected chi connectivity index (χ3v) is 8.68. The van der Waals surface area contributed by atoms with E-state index in [-0.39, 0.29) is 23.1 Å². The number of carbonyl (C=O) groups is 2. The first-order valence-corrected chi connectivity index (χ1v) is 14.5. The minimum atomic E-state index is -3.47. The molecule has 0 aromatic heterocycles. The Labute approximate surface area is 221 Å². The van der Waals surface area contributed by atoms with E-state index in [4.69, 9.17) is 4.74 Å². The van der Waals surface area contributed by atoms with Gasteiger partial charge in [0.2, 0.25) is 21.8 Å². The van der Waals surface area contributed by atoms with Crippen molar-refractivity contribution in [3.8, 4) is 5.75 Å². The molecule has 37 heavy (non-hydrogen) atoms. The number of nitrogens with zero attached hydrogens (tertiary/aromatic N) is 2. The van der Waals surface area contributed by atoms with Crippen LogP contribution in [-0.4, -0.2) is 62.2 Å². The fourth-order valence-corrected chi connectivity index (χ4v) is 5.86. The van der Waals surface area contributed by atoms with E-state index in [0.717, 1.165) is 42.6 Å². The van der Waals surface area contributed by atoms with Crippen molar-refractivity contribution in [1.82, 2.24) is 14.5 Å². The standard InChI is InChI=1S/C28H39N3O5S/c1-4-5-18-29-28(33)22(2)31(21-24-8-13-25(36-3)14-9-24)27(32)17-12-23-10-15-26(16-11-23)37(34,35)30-19-6-7-20-30/h8-11,13-16,22H,4-7,12,17-21H2,1-3H3,(H,29,33)/t22-/m1/s1. The zero-order valence-electron chi connectivity index (χ0n) is 22.1. The fourth-order valence-electron chi connectivity index (χ4n) is 4.35. The van der Waals surface area contributed by atoms with Gasteiger partial charge >= 0.3 is 0 Å². The molecule has 2 aromatic carbocycles. The summed E-state index contributed by atoms with van der Waals surface area (Å²) in [6, 6.07) is 13.6. The Morgan fingerprint density at radius 3 is 2.24 bits per heavy atom. The first kappa shape index (κ1) is 28.7. The molecule has 0 aliphatic carbocycles. The van der Waals surface area contributed by atoms with Gasteiger partial charge in [-0.25, -0.2) is 8.42 Å². The lowest BCUT2D eigenvalue weighted by atomic mass is 10.1. The van der Waals surface area contributed by atoms with Crippen LogP contribution in [0.25, 0.3) is 0 Å². The third-order valence-electron chi connectivity index (χ3n) is 6.76. The third kappa shape index (κ3) is 7.79. The second-order valence-corrected chi connectivity index (χ2v) is 11.4. The first-order valence-electron chi connectivity index (χ1n) is 13.1. The largest absolute Gasteiger partial charge is 0.497 e. The van der Waals surface area contributed by atoms with E-state index in [2.05, 4.69) is 12.2 Å². The summed E-state index contributed by atoms with van der Waals surface area (Å²) < 4.78 is 32.3. The van der Waals surface area contributed by atoms with Gasteiger partial charge in [-0.3, -0.25) is 9.59 Å². The molecule has 1 fully saturated rings. The van der Waals surface area contributed by atoms with Crippen molar-refractivity contribution in [1.29, 1.82) is 0 Å². The maximum atomic E-state index is 13.3. The van der Waals surface area contributed by atoms with Crippen molar-refractivity contribution in [2.45, 2.75) is 69.9 Å². The van der Waals surface area contributed by atoms with Gasteiger partial charge in [0.15, 0.2) is 0 Å². The highest BCUT2D eigenvalue weighted by Crippen LogP contribution is 2.22. The van der Waals surface area contributed by atoms with Crippen LogP contribution < -0.4 is 10.1 Å². The van der Waals surface area contributed by atoms with E-state index < -0.39 is 16.1 Å². The van der Waals surface area contributed by atoms with E-state index in [1.54, 1.807) is 43.2 Å². The van der Waals surface area contributed by atoms with Gasteiger partial charge in [-0.05, 0) is 68.0 Å². The highest BCUT2D eigenvalue weighted by Gasteiger charge is 2.28. The van der Waals surface area contributed by atoms with Crippen LogP contribution in [0.4, 0.5) is 0 Å². The Bertz CT molecular complexity index is 1130. The lowest BCUT2D eigenvalue weighted by molar-refractivity contribution is -0.140. The van der Waals surface area contributed by atoms with Crippen LogP contribution >= 0.6 is 0 Å². The fraction of sp³-hybridized carbons (Fsp3) is 0.500. The topological polar surface area (TPSA) is 96.0 Å². The quantitative estimate of drug-likeness (QED) is 0.399. The number of benzene rings is 2. The van der Waals surface area contributed by atoms with E-state index >= 15 is 0 Å². The molecule has 2 amide bonds. The van der Waals surface area contributed by atoms with Gasteiger partial charge in [-0.15, -0.1) is 0 Å². The maximum absolute atomic E-state index is 13.3.